The predicted molar refractivity (Wildman–Crippen MR) is 57.5 cm³/mol. The molecule has 1 rings (SSSR count). The molecule has 1 aromatic rings. The second-order valence-electron chi connectivity index (χ2n) is 3.30. The highest BCUT2D eigenvalue weighted by Crippen LogP contribution is 2.11. The summed E-state index contributed by atoms with van der Waals surface area (Å²) < 4.78 is 13.3. The quantitative estimate of drug-likeness (QED) is 0.626. The van der Waals surface area contributed by atoms with E-state index in [9.17, 15) is 4.39 Å². The van der Waals surface area contributed by atoms with Gasteiger partial charge in [0.1, 0.15) is 5.82 Å². The minimum absolute atomic E-state index is 0.108. The van der Waals surface area contributed by atoms with Gasteiger partial charge < -0.3 is 0 Å². The molecule has 0 heterocycles. The molecule has 1 aromatic carbocycles. The van der Waals surface area contributed by atoms with Crippen molar-refractivity contribution in [3.8, 4) is 11.8 Å². The lowest BCUT2D eigenvalue weighted by atomic mass is 10.1. The summed E-state index contributed by atoms with van der Waals surface area (Å²) in [7, 11) is 0. The molecule has 0 N–H and O–H groups in total. The number of hydrogen-bond acceptors (Lipinski definition) is 0. The number of benzene rings is 1. The molecule has 0 fully saturated rings. The van der Waals surface area contributed by atoms with Crippen LogP contribution in [0.4, 0.5) is 4.39 Å². The lowest BCUT2D eigenvalue weighted by molar-refractivity contribution is 0.609. The van der Waals surface area contributed by atoms with Crippen molar-refractivity contribution in [2.24, 2.45) is 0 Å². The summed E-state index contributed by atoms with van der Waals surface area (Å²) >= 11 is 0. The maximum Gasteiger partial charge on any atom is 0.126 e. The van der Waals surface area contributed by atoms with Crippen LogP contribution in [0.1, 0.15) is 30.9 Å². The molecule has 0 aliphatic heterocycles. The van der Waals surface area contributed by atoms with Gasteiger partial charge in [0.15, 0.2) is 0 Å². The van der Waals surface area contributed by atoms with E-state index in [2.05, 4.69) is 11.8 Å². The van der Waals surface area contributed by atoms with E-state index in [4.69, 9.17) is 0 Å². The normalized spacial score (nSPS) is 9.36. The third kappa shape index (κ3) is 3.22. The smallest absolute Gasteiger partial charge is 0.126 e. The molecule has 0 unspecified atom stereocenters. The third-order valence-electron chi connectivity index (χ3n) is 2.03. The van der Waals surface area contributed by atoms with E-state index in [1.165, 1.54) is 0 Å². The van der Waals surface area contributed by atoms with Crippen LogP contribution in [0.25, 0.3) is 0 Å². The molecule has 0 radical (unpaired) electrons. The summed E-state index contributed by atoms with van der Waals surface area (Å²) in [5, 5.41) is 0. The summed E-state index contributed by atoms with van der Waals surface area (Å²) in [6.45, 7) is 3.91. The van der Waals surface area contributed by atoms with Gasteiger partial charge in [-0.2, -0.15) is 0 Å². The van der Waals surface area contributed by atoms with E-state index < -0.39 is 0 Å². The van der Waals surface area contributed by atoms with Crippen molar-refractivity contribution >= 4 is 0 Å². The van der Waals surface area contributed by atoms with Crippen molar-refractivity contribution in [2.75, 3.05) is 0 Å². The number of rotatable bonds is 2. The first kappa shape index (κ1) is 10.8. The molecule has 0 nitrogen and oxygen atoms in total. The zero-order valence-corrected chi connectivity index (χ0v) is 8.73. The Labute approximate surface area is 85.2 Å². The lowest BCUT2D eigenvalue weighted by Crippen LogP contribution is -1.90. The Hall–Kier alpha value is -1.29. The van der Waals surface area contributed by atoms with Gasteiger partial charge in [-0.3, -0.25) is 0 Å². The highest BCUT2D eigenvalue weighted by atomic mass is 19.1. The molecule has 0 aliphatic carbocycles. The van der Waals surface area contributed by atoms with Gasteiger partial charge in [-0.05, 0) is 30.5 Å². The first-order valence-corrected chi connectivity index (χ1v) is 4.94. The van der Waals surface area contributed by atoms with Gasteiger partial charge in [0.05, 0.1) is 0 Å². The van der Waals surface area contributed by atoms with Gasteiger partial charge in [-0.15, -0.1) is 11.8 Å². The fourth-order valence-electron chi connectivity index (χ4n) is 1.27. The van der Waals surface area contributed by atoms with Crippen LogP contribution in [0.3, 0.4) is 0 Å². The summed E-state index contributed by atoms with van der Waals surface area (Å²) in [6, 6.07) is 5.35. The van der Waals surface area contributed by atoms with Crippen LogP contribution >= 0.6 is 0 Å². The highest BCUT2D eigenvalue weighted by molar-refractivity contribution is 5.24. The number of aryl methyl sites for hydroxylation is 2. The van der Waals surface area contributed by atoms with Crippen molar-refractivity contribution in [2.45, 2.75) is 33.1 Å². The zero-order chi connectivity index (χ0) is 10.4. The minimum Gasteiger partial charge on any atom is -0.207 e. The number of halogens is 1. The molecule has 0 atom stereocenters. The van der Waals surface area contributed by atoms with Gasteiger partial charge in [-0.25, -0.2) is 4.39 Å². The third-order valence-corrected chi connectivity index (χ3v) is 2.03. The average Bonchev–Trinajstić information content (AvgIpc) is 2.15. The molecule has 0 saturated heterocycles. The van der Waals surface area contributed by atoms with Crippen molar-refractivity contribution in [3.05, 3.63) is 35.1 Å². The van der Waals surface area contributed by atoms with Crippen LogP contribution in [0.15, 0.2) is 18.2 Å². The monoisotopic (exact) mass is 190 g/mol. The van der Waals surface area contributed by atoms with Crippen molar-refractivity contribution < 1.29 is 4.39 Å². The first-order valence-electron chi connectivity index (χ1n) is 4.94. The van der Waals surface area contributed by atoms with E-state index in [0.717, 1.165) is 24.0 Å². The van der Waals surface area contributed by atoms with E-state index >= 15 is 0 Å². The summed E-state index contributed by atoms with van der Waals surface area (Å²) in [5.41, 5.74) is 1.73. The van der Waals surface area contributed by atoms with E-state index in [1.54, 1.807) is 6.07 Å². The second kappa shape index (κ2) is 5.44. The van der Waals surface area contributed by atoms with Gasteiger partial charge in [0.25, 0.3) is 0 Å². The molecule has 0 bridgehead atoms. The molecular formula is C13H15F. The first-order chi connectivity index (χ1) is 6.74. The second-order valence-corrected chi connectivity index (χ2v) is 3.30. The largest absolute Gasteiger partial charge is 0.207 e. The van der Waals surface area contributed by atoms with E-state index in [0.29, 0.717) is 6.42 Å². The fraction of sp³-hybridized carbons (Fsp3) is 0.385. The Morgan fingerprint density at radius 3 is 2.71 bits per heavy atom. The number of hydrogen-bond donors (Lipinski definition) is 0. The maximum absolute atomic E-state index is 13.3. The maximum atomic E-state index is 13.3. The van der Waals surface area contributed by atoms with Gasteiger partial charge in [0, 0.05) is 12.8 Å². The highest BCUT2D eigenvalue weighted by Gasteiger charge is 2.00. The fourth-order valence-corrected chi connectivity index (χ4v) is 1.27. The van der Waals surface area contributed by atoms with Crippen LogP contribution < -0.4 is 0 Å². The Bertz CT molecular complexity index is 355. The molecule has 1 heteroatoms. The minimum atomic E-state index is -0.108. The SMILES string of the molecule is CCC#CCCc1ccc(C)cc1F. The summed E-state index contributed by atoms with van der Waals surface area (Å²) in [4.78, 5) is 0. The molecule has 74 valence electrons. The van der Waals surface area contributed by atoms with E-state index in [1.807, 2.05) is 26.0 Å². The van der Waals surface area contributed by atoms with Crippen molar-refractivity contribution in [3.63, 3.8) is 0 Å². The van der Waals surface area contributed by atoms with Gasteiger partial charge in [-0.1, -0.05) is 19.1 Å². The zero-order valence-electron chi connectivity index (χ0n) is 8.73. The van der Waals surface area contributed by atoms with E-state index in [-0.39, 0.29) is 5.82 Å². The lowest BCUT2D eigenvalue weighted by Gasteiger charge is -2.00. The summed E-state index contributed by atoms with van der Waals surface area (Å²) in [5.74, 6) is 5.88. The average molecular weight is 190 g/mol. The van der Waals surface area contributed by atoms with Crippen molar-refractivity contribution in [1.82, 2.24) is 0 Å². The Balaban J connectivity index is 2.59. The van der Waals surface area contributed by atoms with Crippen molar-refractivity contribution in [1.29, 1.82) is 0 Å². The molecule has 0 aliphatic rings. The molecule has 0 aromatic heterocycles. The van der Waals surface area contributed by atoms with Crippen LogP contribution in [-0.2, 0) is 6.42 Å². The molecule has 0 amide bonds. The Morgan fingerprint density at radius 1 is 1.29 bits per heavy atom. The van der Waals surface area contributed by atoms with Crippen LogP contribution in [0.2, 0.25) is 0 Å². The Kier molecular flexibility index (Phi) is 4.19. The van der Waals surface area contributed by atoms with Gasteiger partial charge >= 0.3 is 0 Å². The van der Waals surface area contributed by atoms with Crippen LogP contribution in [0, 0.1) is 24.6 Å². The molecule has 14 heavy (non-hydrogen) atoms. The molecular weight excluding hydrogens is 175 g/mol. The molecule has 0 saturated carbocycles. The summed E-state index contributed by atoms with van der Waals surface area (Å²) in [6.07, 6.45) is 2.32. The van der Waals surface area contributed by atoms with Gasteiger partial charge in [0.2, 0.25) is 0 Å². The Morgan fingerprint density at radius 2 is 2.07 bits per heavy atom. The molecule has 0 spiro atoms. The van der Waals surface area contributed by atoms with Crippen LogP contribution in [0.5, 0.6) is 0 Å². The predicted octanol–water partition coefficient (Wildman–Crippen LogP) is 3.48. The van der Waals surface area contributed by atoms with Crippen LogP contribution in [-0.4, -0.2) is 0 Å². The standard InChI is InChI=1S/C13H15F/c1-3-4-5-6-7-12-9-8-11(2)10-13(12)14/h8-10H,3,6-7H2,1-2H3. The topological polar surface area (TPSA) is 0 Å².